The number of carbonyl (C=O) groups is 1. The second kappa shape index (κ2) is 6.83. The fourth-order valence-electron chi connectivity index (χ4n) is 3.32. The Labute approximate surface area is 138 Å². The summed E-state index contributed by atoms with van der Waals surface area (Å²) in [6.45, 7) is 9.78. The molecule has 1 aromatic heterocycles. The molecule has 2 N–H and O–H groups in total. The van der Waals surface area contributed by atoms with Crippen molar-refractivity contribution in [2.24, 2.45) is 11.8 Å². The van der Waals surface area contributed by atoms with Gasteiger partial charge < -0.3 is 15.5 Å². The summed E-state index contributed by atoms with van der Waals surface area (Å²) in [4.78, 5) is 23.5. The molecule has 2 aliphatic heterocycles. The minimum absolute atomic E-state index is 0.112. The smallest absolute Gasteiger partial charge is 0.223 e. The average Bonchev–Trinajstić information content (AvgIpc) is 2.45. The zero-order valence-electron chi connectivity index (χ0n) is 14.3. The third-order valence-electron chi connectivity index (χ3n) is 5.05. The van der Waals surface area contributed by atoms with Crippen LogP contribution in [0, 0.1) is 25.7 Å². The van der Waals surface area contributed by atoms with Gasteiger partial charge in [-0.1, -0.05) is 6.92 Å². The molecule has 6 heteroatoms. The molecule has 0 saturated carbocycles. The van der Waals surface area contributed by atoms with Crippen LogP contribution in [-0.4, -0.2) is 48.1 Å². The molecule has 6 nitrogen and oxygen atoms in total. The normalized spacial score (nSPS) is 20.9. The van der Waals surface area contributed by atoms with Gasteiger partial charge in [-0.3, -0.25) is 4.79 Å². The van der Waals surface area contributed by atoms with Gasteiger partial charge in [-0.2, -0.15) is 0 Å². The Hall–Kier alpha value is -1.69. The van der Waals surface area contributed by atoms with Gasteiger partial charge in [0, 0.05) is 36.8 Å². The summed E-state index contributed by atoms with van der Waals surface area (Å²) in [5.41, 5.74) is 1.01. The van der Waals surface area contributed by atoms with Gasteiger partial charge in [0.1, 0.15) is 11.6 Å². The van der Waals surface area contributed by atoms with Gasteiger partial charge >= 0.3 is 0 Å². The third kappa shape index (κ3) is 3.80. The van der Waals surface area contributed by atoms with Gasteiger partial charge in [-0.15, -0.1) is 0 Å². The quantitative estimate of drug-likeness (QED) is 0.868. The first-order chi connectivity index (χ1) is 11.0. The highest BCUT2D eigenvalue weighted by Gasteiger charge is 2.30. The molecule has 3 heterocycles. The van der Waals surface area contributed by atoms with Crippen molar-refractivity contribution >= 4 is 11.7 Å². The van der Waals surface area contributed by atoms with Crippen LogP contribution < -0.4 is 15.5 Å². The Kier molecular flexibility index (Phi) is 4.80. The lowest BCUT2D eigenvalue weighted by Gasteiger charge is -2.36. The van der Waals surface area contributed by atoms with Crippen molar-refractivity contribution in [1.82, 2.24) is 20.6 Å². The minimum Gasteiger partial charge on any atom is -0.356 e. The van der Waals surface area contributed by atoms with Crippen LogP contribution in [-0.2, 0) is 4.79 Å². The maximum absolute atomic E-state index is 12.3. The number of aryl methyl sites for hydroxylation is 2. The van der Waals surface area contributed by atoms with Crippen LogP contribution in [0.5, 0.6) is 0 Å². The van der Waals surface area contributed by atoms with Crippen molar-refractivity contribution in [3.8, 4) is 0 Å². The molecule has 23 heavy (non-hydrogen) atoms. The van der Waals surface area contributed by atoms with Gasteiger partial charge in [0.25, 0.3) is 0 Å². The number of nitrogens with one attached hydrogen (secondary N) is 2. The lowest BCUT2D eigenvalue weighted by Crippen LogP contribution is -2.52. The predicted molar refractivity (Wildman–Crippen MR) is 90.4 cm³/mol. The van der Waals surface area contributed by atoms with E-state index in [4.69, 9.17) is 0 Å². The standard InChI is InChI=1S/C17H27N5O/c1-11-8-16(20-13(3)19-11)22-6-4-15(5-7-22)21-17(23)12(2)14-9-18-10-14/h8,12,14-15,18H,4-7,9-10H2,1-3H3,(H,21,23). The summed E-state index contributed by atoms with van der Waals surface area (Å²) in [5.74, 6) is 2.65. The van der Waals surface area contributed by atoms with E-state index >= 15 is 0 Å². The molecular formula is C17H27N5O. The third-order valence-corrected chi connectivity index (χ3v) is 5.05. The summed E-state index contributed by atoms with van der Waals surface area (Å²) in [6, 6.07) is 2.33. The SMILES string of the molecule is Cc1cc(N2CCC(NC(=O)C(C)C3CNC3)CC2)nc(C)n1. The average molecular weight is 317 g/mol. The van der Waals surface area contributed by atoms with E-state index in [-0.39, 0.29) is 11.8 Å². The lowest BCUT2D eigenvalue weighted by atomic mass is 9.88. The van der Waals surface area contributed by atoms with E-state index in [2.05, 4.69) is 25.5 Å². The van der Waals surface area contributed by atoms with E-state index in [0.29, 0.717) is 12.0 Å². The maximum atomic E-state index is 12.3. The molecule has 0 radical (unpaired) electrons. The first kappa shape index (κ1) is 16.2. The Morgan fingerprint density at radius 1 is 1.30 bits per heavy atom. The Bertz CT molecular complexity index is 544. The first-order valence-electron chi connectivity index (χ1n) is 8.61. The second-order valence-electron chi connectivity index (χ2n) is 6.89. The van der Waals surface area contributed by atoms with Gasteiger partial charge in [-0.05, 0) is 45.7 Å². The monoisotopic (exact) mass is 317 g/mol. The van der Waals surface area contributed by atoms with E-state index in [1.165, 1.54) is 0 Å². The summed E-state index contributed by atoms with van der Waals surface area (Å²) >= 11 is 0. The van der Waals surface area contributed by atoms with Crippen molar-refractivity contribution in [1.29, 1.82) is 0 Å². The summed E-state index contributed by atoms with van der Waals surface area (Å²) in [7, 11) is 0. The van der Waals surface area contributed by atoms with Gasteiger partial charge in [0.05, 0.1) is 0 Å². The molecule has 2 aliphatic rings. The number of hydrogen-bond acceptors (Lipinski definition) is 5. The van der Waals surface area contributed by atoms with Gasteiger partial charge in [0.15, 0.2) is 0 Å². The largest absolute Gasteiger partial charge is 0.356 e. The fourth-order valence-corrected chi connectivity index (χ4v) is 3.32. The molecular weight excluding hydrogens is 290 g/mol. The number of rotatable bonds is 4. The first-order valence-corrected chi connectivity index (χ1v) is 8.61. The predicted octanol–water partition coefficient (Wildman–Crippen LogP) is 1.03. The highest BCUT2D eigenvalue weighted by atomic mass is 16.1. The van der Waals surface area contributed by atoms with Crippen molar-refractivity contribution in [2.75, 3.05) is 31.1 Å². The molecule has 0 aromatic carbocycles. The zero-order valence-corrected chi connectivity index (χ0v) is 14.3. The molecule has 2 fully saturated rings. The van der Waals surface area contributed by atoms with Crippen molar-refractivity contribution in [3.63, 3.8) is 0 Å². The van der Waals surface area contributed by atoms with E-state index < -0.39 is 0 Å². The van der Waals surface area contributed by atoms with Crippen LogP contribution >= 0.6 is 0 Å². The number of aromatic nitrogens is 2. The fraction of sp³-hybridized carbons (Fsp3) is 0.706. The maximum Gasteiger partial charge on any atom is 0.223 e. The zero-order chi connectivity index (χ0) is 16.4. The Balaban J connectivity index is 1.51. The van der Waals surface area contributed by atoms with Crippen LogP contribution in [0.15, 0.2) is 6.07 Å². The van der Waals surface area contributed by atoms with Crippen molar-refractivity contribution in [3.05, 3.63) is 17.6 Å². The summed E-state index contributed by atoms with van der Waals surface area (Å²) < 4.78 is 0. The Morgan fingerprint density at radius 2 is 2.00 bits per heavy atom. The van der Waals surface area contributed by atoms with Crippen LogP contribution in [0.3, 0.4) is 0 Å². The van der Waals surface area contributed by atoms with Crippen LogP contribution in [0.4, 0.5) is 5.82 Å². The second-order valence-corrected chi connectivity index (χ2v) is 6.89. The van der Waals surface area contributed by atoms with Crippen LogP contribution in [0.1, 0.15) is 31.3 Å². The molecule has 0 spiro atoms. The van der Waals surface area contributed by atoms with Crippen molar-refractivity contribution in [2.45, 2.75) is 39.7 Å². The molecule has 1 amide bonds. The Morgan fingerprint density at radius 3 is 2.57 bits per heavy atom. The van der Waals surface area contributed by atoms with Crippen LogP contribution in [0.2, 0.25) is 0 Å². The number of anilines is 1. The highest BCUT2D eigenvalue weighted by molar-refractivity contribution is 5.79. The molecule has 126 valence electrons. The molecule has 2 saturated heterocycles. The summed E-state index contributed by atoms with van der Waals surface area (Å²) in [5, 5.41) is 6.47. The highest BCUT2D eigenvalue weighted by Crippen LogP contribution is 2.20. The molecule has 0 aliphatic carbocycles. The molecule has 1 unspecified atom stereocenters. The number of amides is 1. The van der Waals surface area contributed by atoms with E-state index in [9.17, 15) is 4.79 Å². The topological polar surface area (TPSA) is 70.2 Å². The number of hydrogen-bond donors (Lipinski definition) is 2. The summed E-state index contributed by atoms with van der Waals surface area (Å²) in [6.07, 6.45) is 1.95. The number of nitrogens with zero attached hydrogens (tertiary/aromatic N) is 3. The molecule has 1 atom stereocenters. The van der Waals surface area contributed by atoms with E-state index in [0.717, 1.165) is 56.4 Å². The lowest BCUT2D eigenvalue weighted by molar-refractivity contribution is -0.127. The molecule has 3 rings (SSSR count). The number of piperidine rings is 1. The van der Waals surface area contributed by atoms with Gasteiger partial charge in [0.2, 0.25) is 5.91 Å². The molecule has 1 aromatic rings. The molecule has 0 bridgehead atoms. The van der Waals surface area contributed by atoms with E-state index in [1.54, 1.807) is 0 Å². The van der Waals surface area contributed by atoms with E-state index in [1.807, 2.05) is 26.8 Å². The minimum atomic E-state index is 0.112. The number of carbonyl (C=O) groups excluding carboxylic acids is 1. The van der Waals surface area contributed by atoms with Crippen molar-refractivity contribution < 1.29 is 4.79 Å². The van der Waals surface area contributed by atoms with Gasteiger partial charge in [-0.25, -0.2) is 9.97 Å². The van der Waals surface area contributed by atoms with Crippen LogP contribution in [0.25, 0.3) is 0 Å².